The van der Waals surface area contributed by atoms with Crippen molar-refractivity contribution >= 4 is 10.8 Å². The van der Waals surface area contributed by atoms with Gasteiger partial charge in [-0.05, 0) is 43.2 Å². The van der Waals surface area contributed by atoms with E-state index in [4.69, 9.17) is 9.47 Å². The predicted octanol–water partition coefficient (Wildman–Crippen LogP) is 4.30. The number of pyridine rings is 1. The highest BCUT2D eigenvalue weighted by Gasteiger charge is 2.18. The zero-order chi connectivity index (χ0) is 14.7. The number of hydrogen-bond acceptors (Lipinski definition) is 3. The molecule has 0 amide bonds. The standard InChI is InChI=1S/C18H23NO2/c1-20-16-12-13-10-11-19-15-9-7-5-3-4-6-8-14(17(13)15)18(16)21-2/h10-12H,3-9H2,1-2H3. The molecule has 1 aromatic carbocycles. The Kier molecular flexibility index (Phi) is 4.28. The first-order valence-corrected chi connectivity index (χ1v) is 7.86. The van der Waals surface area contributed by atoms with Crippen LogP contribution in [0.15, 0.2) is 18.3 Å². The molecule has 1 aliphatic rings. The molecule has 0 saturated heterocycles. The van der Waals surface area contributed by atoms with Gasteiger partial charge in [-0.25, -0.2) is 0 Å². The monoisotopic (exact) mass is 285 g/mol. The molecule has 3 heteroatoms. The summed E-state index contributed by atoms with van der Waals surface area (Å²) in [6.45, 7) is 0. The van der Waals surface area contributed by atoms with Gasteiger partial charge in [0, 0.05) is 22.8 Å². The zero-order valence-corrected chi connectivity index (χ0v) is 12.9. The van der Waals surface area contributed by atoms with Gasteiger partial charge in [-0.1, -0.05) is 19.3 Å². The number of aromatic nitrogens is 1. The molecule has 112 valence electrons. The van der Waals surface area contributed by atoms with Crippen LogP contribution >= 0.6 is 0 Å². The normalized spacial score (nSPS) is 15.7. The highest BCUT2D eigenvalue weighted by atomic mass is 16.5. The van der Waals surface area contributed by atoms with E-state index in [1.54, 1.807) is 14.2 Å². The van der Waals surface area contributed by atoms with Gasteiger partial charge in [-0.3, -0.25) is 4.98 Å². The fourth-order valence-electron chi connectivity index (χ4n) is 3.39. The second-order valence-corrected chi connectivity index (χ2v) is 5.71. The van der Waals surface area contributed by atoms with E-state index in [1.165, 1.54) is 54.1 Å². The molecular weight excluding hydrogens is 262 g/mol. The van der Waals surface area contributed by atoms with Crippen LogP contribution in [0.25, 0.3) is 10.8 Å². The fraction of sp³-hybridized carbons (Fsp3) is 0.500. The summed E-state index contributed by atoms with van der Waals surface area (Å²) in [6, 6.07) is 4.16. The van der Waals surface area contributed by atoms with Crippen molar-refractivity contribution in [2.75, 3.05) is 14.2 Å². The number of ether oxygens (including phenoxy) is 2. The molecular formula is C18H23NO2. The van der Waals surface area contributed by atoms with Crippen molar-refractivity contribution in [3.8, 4) is 11.5 Å². The Morgan fingerprint density at radius 1 is 0.952 bits per heavy atom. The predicted molar refractivity (Wildman–Crippen MR) is 85.3 cm³/mol. The molecule has 0 fully saturated rings. The second kappa shape index (κ2) is 6.33. The average molecular weight is 285 g/mol. The summed E-state index contributed by atoms with van der Waals surface area (Å²) < 4.78 is 11.2. The second-order valence-electron chi connectivity index (χ2n) is 5.71. The van der Waals surface area contributed by atoms with Gasteiger partial charge in [0.15, 0.2) is 11.5 Å². The molecule has 3 rings (SSSR count). The third kappa shape index (κ3) is 2.69. The molecule has 0 spiro atoms. The number of hydrogen-bond donors (Lipinski definition) is 0. The van der Waals surface area contributed by atoms with Crippen molar-refractivity contribution in [1.82, 2.24) is 4.98 Å². The maximum atomic E-state index is 5.67. The number of methoxy groups -OCH3 is 2. The average Bonchev–Trinajstić information content (AvgIpc) is 2.53. The van der Waals surface area contributed by atoms with E-state index in [1.807, 2.05) is 6.20 Å². The number of nitrogens with zero attached hydrogens (tertiary/aromatic N) is 1. The summed E-state index contributed by atoms with van der Waals surface area (Å²) in [5, 5.41) is 2.50. The third-order valence-electron chi connectivity index (χ3n) is 4.41. The molecule has 1 aromatic heterocycles. The Balaban J connectivity index is 2.26. The highest BCUT2D eigenvalue weighted by molar-refractivity contribution is 5.91. The smallest absolute Gasteiger partial charge is 0.164 e. The van der Waals surface area contributed by atoms with Crippen LogP contribution in [-0.4, -0.2) is 19.2 Å². The number of rotatable bonds is 2. The third-order valence-corrected chi connectivity index (χ3v) is 4.41. The van der Waals surface area contributed by atoms with Gasteiger partial charge in [0.05, 0.1) is 14.2 Å². The van der Waals surface area contributed by atoms with Crippen molar-refractivity contribution < 1.29 is 9.47 Å². The van der Waals surface area contributed by atoms with Crippen LogP contribution in [0.3, 0.4) is 0 Å². The summed E-state index contributed by atoms with van der Waals surface area (Å²) in [4.78, 5) is 4.65. The zero-order valence-electron chi connectivity index (χ0n) is 12.9. The lowest BCUT2D eigenvalue weighted by atomic mass is 9.93. The van der Waals surface area contributed by atoms with Crippen molar-refractivity contribution in [1.29, 1.82) is 0 Å². The maximum Gasteiger partial charge on any atom is 0.164 e. The summed E-state index contributed by atoms with van der Waals surface area (Å²) >= 11 is 0. The van der Waals surface area contributed by atoms with Crippen LogP contribution in [0.2, 0.25) is 0 Å². The van der Waals surface area contributed by atoms with Gasteiger partial charge in [0.1, 0.15) is 0 Å². The number of aryl methyl sites for hydroxylation is 2. The van der Waals surface area contributed by atoms with Crippen LogP contribution in [-0.2, 0) is 12.8 Å². The minimum atomic E-state index is 0.828. The van der Waals surface area contributed by atoms with Gasteiger partial charge in [0.2, 0.25) is 0 Å². The van der Waals surface area contributed by atoms with E-state index in [9.17, 15) is 0 Å². The summed E-state index contributed by atoms with van der Waals surface area (Å²) in [5.41, 5.74) is 2.49. The molecule has 3 nitrogen and oxygen atoms in total. The molecule has 0 saturated carbocycles. The van der Waals surface area contributed by atoms with E-state index in [2.05, 4.69) is 17.1 Å². The molecule has 0 bridgehead atoms. The molecule has 0 aliphatic heterocycles. The highest BCUT2D eigenvalue weighted by Crippen LogP contribution is 2.40. The lowest BCUT2D eigenvalue weighted by Gasteiger charge is -2.19. The first-order valence-electron chi connectivity index (χ1n) is 7.86. The molecule has 0 N–H and O–H groups in total. The van der Waals surface area contributed by atoms with E-state index in [0.717, 1.165) is 24.3 Å². The Morgan fingerprint density at radius 2 is 1.71 bits per heavy atom. The minimum absolute atomic E-state index is 0.828. The molecule has 21 heavy (non-hydrogen) atoms. The Hall–Kier alpha value is -1.77. The quantitative estimate of drug-likeness (QED) is 0.824. The maximum absolute atomic E-state index is 5.67. The lowest BCUT2D eigenvalue weighted by molar-refractivity contribution is 0.352. The van der Waals surface area contributed by atoms with E-state index >= 15 is 0 Å². The molecule has 0 unspecified atom stereocenters. The van der Waals surface area contributed by atoms with Gasteiger partial charge in [-0.15, -0.1) is 0 Å². The van der Waals surface area contributed by atoms with Gasteiger partial charge in [0.25, 0.3) is 0 Å². The largest absolute Gasteiger partial charge is 0.493 e. The molecule has 1 heterocycles. The Morgan fingerprint density at radius 3 is 2.48 bits per heavy atom. The Bertz CT molecular complexity index is 637. The summed E-state index contributed by atoms with van der Waals surface area (Å²) in [6.07, 6.45) is 10.3. The van der Waals surface area contributed by atoms with Crippen LogP contribution < -0.4 is 9.47 Å². The van der Waals surface area contributed by atoms with Gasteiger partial charge >= 0.3 is 0 Å². The van der Waals surface area contributed by atoms with Crippen molar-refractivity contribution in [3.63, 3.8) is 0 Å². The van der Waals surface area contributed by atoms with E-state index < -0.39 is 0 Å². The van der Waals surface area contributed by atoms with Crippen molar-refractivity contribution in [3.05, 3.63) is 29.6 Å². The van der Waals surface area contributed by atoms with Crippen LogP contribution in [0, 0.1) is 0 Å². The summed E-state index contributed by atoms with van der Waals surface area (Å²) in [5.74, 6) is 1.72. The van der Waals surface area contributed by atoms with Gasteiger partial charge in [-0.2, -0.15) is 0 Å². The van der Waals surface area contributed by atoms with Gasteiger partial charge < -0.3 is 9.47 Å². The fourth-order valence-corrected chi connectivity index (χ4v) is 3.39. The molecule has 0 atom stereocenters. The first-order chi connectivity index (χ1) is 10.3. The number of benzene rings is 1. The topological polar surface area (TPSA) is 31.4 Å². The van der Waals surface area contributed by atoms with Crippen molar-refractivity contribution in [2.24, 2.45) is 0 Å². The molecule has 1 aliphatic carbocycles. The van der Waals surface area contributed by atoms with Crippen LogP contribution in [0.4, 0.5) is 0 Å². The first kappa shape index (κ1) is 14.2. The molecule has 0 radical (unpaired) electrons. The lowest BCUT2D eigenvalue weighted by Crippen LogP contribution is -2.03. The Labute approximate surface area is 126 Å². The molecule has 2 aromatic rings. The SMILES string of the molecule is COc1cc2ccnc3c2c(c1OC)CCCCCCC3. The van der Waals surface area contributed by atoms with E-state index in [-0.39, 0.29) is 0 Å². The van der Waals surface area contributed by atoms with Crippen molar-refractivity contribution in [2.45, 2.75) is 44.9 Å². The minimum Gasteiger partial charge on any atom is -0.493 e. The van der Waals surface area contributed by atoms with Crippen LogP contribution in [0.1, 0.15) is 43.4 Å². The summed E-state index contributed by atoms with van der Waals surface area (Å²) in [7, 11) is 3.44. The van der Waals surface area contributed by atoms with Crippen LogP contribution in [0.5, 0.6) is 11.5 Å². The van der Waals surface area contributed by atoms with E-state index in [0.29, 0.717) is 0 Å².